The van der Waals surface area contributed by atoms with Gasteiger partial charge in [0.25, 0.3) is 0 Å². The molecule has 0 aliphatic carbocycles. The van der Waals surface area contributed by atoms with Gasteiger partial charge in [0.1, 0.15) is 5.75 Å². The lowest BCUT2D eigenvalue weighted by Gasteiger charge is -2.18. The van der Waals surface area contributed by atoms with Crippen LogP contribution in [0.4, 0.5) is 0 Å². The molecule has 0 unspecified atom stereocenters. The zero-order valence-electron chi connectivity index (χ0n) is 11.1. The third-order valence-electron chi connectivity index (χ3n) is 3.49. The first-order valence-electron chi connectivity index (χ1n) is 6.73. The van der Waals surface area contributed by atoms with E-state index >= 15 is 0 Å². The first-order chi connectivity index (χ1) is 9.84. The zero-order chi connectivity index (χ0) is 13.8. The van der Waals surface area contributed by atoms with Gasteiger partial charge in [-0.2, -0.15) is 0 Å². The van der Waals surface area contributed by atoms with Crippen molar-refractivity contribution in [3.8, 4) is 5.75 Å². The molecular formula is C19H19AlO. The number of aromatic hydroxyl groups is 1. The molecule has 0 atom stereocenters. The zero-order valence-corrected chi connectivity index (χ0v) is 11.1. The summed E-state index contributed by atoms with van der Waals surface area (Å²) in [5, 5.41) is 9.48. The maximum atomic E-state index is 9.48. The minimum atomic E-state index is 0. The SMILES string of the molecule is Oc1ccc(C(c2ccccc2)c2ccccc2)cc1.[AlH3]. The van der Waals surface area contributed by atoms with Gasteiger partial charge in [0.05, 0.1) is 0 Å². The van der Waals surface area contributed by atoms with Gasteiger partial charge in [-0.15, -0.1) is 0 Å². The largest absolute Gasteiger partial charge is 0.508 e. The highest BCUT2D eigenvalue weighted by atomic mass is 27.0. The van der Waals surface area contributed by atoms with E-state index in [1.165, 1.54) is 16.7 Å². The summed E-state index contributed by atoms with van der Waals surface area (Å²) in [4.78, 5) is 0. The lowest BCUT2D eigenvalue weighted by atomic mass is 9.85. The molecule has 0 saturated carbocycles. The molecule has 3 aromatic rings. The molecule has 0 saturated heterocycles. The molecular weight excluding hydrogens is 271 g/mol. The lowest BCUT2D eigenvalue weighted by Crippen LogP contribution is -2.02. The Morgan fingerprint density at radius 2 is 0.905 bits per heavy atom. The predicted octanol–water partition coefficient (Wildman–Crippen LogP) is 3.39. The molecule has 21 heavy (non-hydrogen) atoms. The van der Waals surface area contributed by atoms with Crippen LogP contribution in [0.3, 0.4) is 0 Å². The molecule has 104 valence electrons. The number of hydrogen-bond donors (Lipinski definition) is 1. The lowest BCUT2D eigenvalue weighted by molar-refractivity contribution is 0.475. The van der Waals surface area contributed by atoms with Gasteiger partial charge in [-0.25, -0.2) is 0 Å². The van der Waals surface area contributed by atoms with E-state index in [9.17, 15) is 5.11 Å². The number of hydrogen-bond acceptors (Lipinski definition) is 1. The monoisotopic (exact) mass is 290 g/mol. The molecule has 0 bridgehead atoms. The average molecular weight is 290 g/mol. The van der Waals surface area contributed by atoms with Crippen molar-refractivity contribution in [3.63, 3.8) is 0 Å². The van der Waals surface area contributed by atoms with Crippen LogP contribution in [0.15, 0.2) is 84.9 Å². The average Bonchev–Trinajstić information content (AvgIpc) is 2.52. The Labute approximate surface area is 136 Å². The Balaban J connectivity index is 0.00000161. The van der Waals surface area contributed by atoms with Crippen LogP contribution in [0.25, 0.3) is 0 Å². The molecule has 0 aliphatic heterocycles. The summed E-state index contributed by atoms with van der Waals surface area (Å²) in [6.45, 7) is 0. The summed E-state index contributed by atoms with van der Waals surface area (Å²) in [6, 6.07) is 28.3. The van der Waals surface area contributed by atoms with Crippen molar-refractivity contribution in [1.29, 1.82) is 0 Å². The van der Waals surface area contributed by atoms with Crippen LogP contribution in [0.1, 0.15) is 22.6 Å². The molecule has 0 spiro atoms. The third-order valence-corrected chi connectivity index (χ3v) is 3.49. The molecule has 0 aliphatic rings. The minimum Gasteiger partial charge on any atom is -0.508 e. The van der Waals surface area contributed by atoms with Crippen LogP contribution in [-0.2, 0) is 0 Å². The highest BCUT2D eigenvalue weighted by Gasteiger charge is 2.15. The molecule has 0 amide bonds. The van der Waals surface area contributed by atoms with Crippen LogP contribution in [-0.4, -0.2) is 22.5 Å². The maximum absolute atomic E-state index is 9.48. The molecule has 0 aromatic heterocycles. The van der Waals surface area contributed by atoms with Crippen LogP contribution in [0, 0.1) is 0 Å². The molecule has 3 rings (SSSR count). The molecule has 1 N–H and O–H groups in total. The molecule has 0 fully saturated rings. The Hall–Kier alpha value is -2.01. The molecule has 1 nitrogen and oxygen atoms in total. The molecule has 0 radical (unpaired) electrons. The summed E-state index contributed by atoms with van der Waals surface area (Å²) >= 11 is 0. The van der Waals surface area contributed by atoms with Gasteiger partial charge in [-0.3, -0.25) is 0 Å². The topological polar surface area (TPSA) is 20.2 Å². The van der Waals surface area contributed by atoms with Gasteiger partial charge in [-0.1, -0.05) is 72.8 Å². The van der Waals surface area contributed by atoms with E-state index in [4.69, 9.17) is 0 Å². The second kappa shape index (κ2) is 7.13. The van der Waals surface area contributed by atoms with Crippen molar-refractivity contribution in [2.45, 2.75) is 5.92 Å². The third kappa shape index (κ3) is 3.55. The quantitative estimate of drug-likeness (QED) is 0.579. The van der Waals surface area contributed by atoms with Gasteiger partial charge in [0, 0.05) is 5.92 Å². The summed E-state index contributed by atoms with van der Waals surface area (Å²) in [5.41, 5.74) is 3.69. The molecule has 0 heterocycles. The minimum absolute atomic E-state index is 0. The second-order valence-corrected chi connectivity index (χ2v) is 4.85. The molecule has 2 heteroatoms. The Bertz CT molecular complexity index is 623. The van der Waals surface area contributed by atoms with E-state index in [0.29, 0.717) is 5.75 Å². The van der Waals surface area contributed by atoms with Crippen molar-refractivity contribution in [1.82, 2.24) is 0 Å². The maximum Gasteiger partial charge on any atom is 0.187 e. The van der Waals surface area contributed by atoms with E-state index in [-0.39, 0.29) is 23.3 Å². The highest BCUT2D eigenvalue weighted by Crippen LogP contribution is 2.32. The fourth-order valence-corrected chi connectivity index (χ4v) is 2.54. The summed E-state index contributed by atoms with van der Waals surface area (Å²) < 4.78 is 0. The number of rotatable bonds is 3. The number of phenolic OH excluding ortho intramolecular Hbond substituents is 1. The highest BCUT2D eigenvalue weighted by molar-refractivity contribution is 5.75. The van der Waals surface area contributed by atoms with E-state index in [0.717, 1.165) is 0 Å². The fourth-order valence-electron chi connectivity index (χ4n) is 2.54. The van der Waals surface area contributed by atoms with Crippen LogP contribution < -0.4 is 0 Å². The molecule has 3 aromatic carbocycles. The number of benzene rings is 3. The second-order valence-electron chi connectivity index (χ2n) is 4.85. The van der Waals surface area contributed by atoms with Crippen LogP contribution in [0.5, 0.6) is 5.75 Å². The van der Waals surface area contributed by atoms with Gasteiger partial charge >= 0.3 is 0 Å². The van der Waals surface area contributed by atoms with E-state index < -0.39 is 0 Å². The van der Waals surface area contributed by atoms with Gasteiger partial charge in [0.2, 0.25) is 0 Å². The predicted molar refractivity (Wildman–Crippen MR) is 91.9 cm³/mol. The first-order valence-corrected chi connectivity index (χ1v) is 6.73. The van der Waals surface area contributed by atoms with Crippen molar-refractivity contribution in [2.24, 2.45) is 0 Å². The van der Waals surface area contributed by atoms with Crippen molar-refractivity contribution in [3.05, 3.63) is 102 Å². The fraction of sp³-hybridized carbons (Fsp3) is 0.0526. The van der Waals surface area contributed by atoms with E-state index in [1.54, 1.807) is 12.1 Å². The van der Waals surface area contributed by atoms with Gasteiger partial charge in [-0.05, 0) is 28.8 Å². The summed E-state index contributed by atoms with van der Waals surface area (Å²) in [5.74, 6) is 0.492. The van der Waals surface area contributed by atoms with Crippen molar-refractivity contribution >= 4 is 17.4 Å². The first kappa shape index (κ1) is 15.4. The Morgan fingerprint density at radius 1 is 0.524 bits per heavy atom. The summed E-state index contributed by atoms with van der Waals surface area (Å²) in [7, 11) is 0. The van der Waals surface area contributed by atoms with Crippen LogP contribution >= 0.6 is 0 Å². The van der Waals surface area contributed by atoms with Crippen LogP contribution in [0.2, 0.25) is 0 Å². The Kier molecular flexibility index (Phi) is 5.22. The standard InChI is InChI=1S/C19H16O.Al.3H/c20-18-13-11-17(12-14-18)19(15-7-3-1-4-8-15)16-9-5-2-6-10-16;;;;/h1-14,19-20H;;;;. The van der Waals surface area contributed by atoms with E-state index in [2.05, 4.69) is 48.5 Å². The number of phenols is 1. The van der Waals surface area contributed by atoms with Crippen molar-refractivity contribution in [2.75, 3.05) is 0 Å². The normalized spacial score (nSPS) is 10.1. The van der Waals surface area contributed by atoms with E-state index in [1.807, 2.05) is 24.3 Å². The van der Waals surface area contributed by atoms with Crippen molar-refractivity contribution < 1.29 is 5.11 Å². The summed E-state index contributed by atoms with van der Waals surface area (Å²) in [6.07, 6.45) is 0. The smallest absolute Gasteiger partial charge is 0.187 e. The Morgan fingerprint density at radius 3 is 1.33 bits per heavy atom. The van der Waals surface area contributed by atoms with Gasteiger partial charge < -0.3 is 5.11 Å². The van der Waals surface area contributed by atoms with Gasteiger partial charge in [0.15, 0.2) is 17.4 Å².